The molecule has 1 aliphatic rings. The molecule has 0 unspecified atom stereocenters. The van der Waals surface area contributed by atoms with Crippen molar-refractivity contribution in [2.24, 2.45) is 0 Å². The van der Waals surface area contributed by atoms with Gasteiger partial charge in [0.2, 0.25) is 6.41 Å². The molecule has 0 spiro atoms. The molecule has 1 aliphatic heterocycles. The molecule has 1 fully saturated rings. The van der Waals surface area contributed by atoms with Crippen molar-refractivity contribution in [3.63, 3.8) is 0 Å². The zero-order valence-corrected chi connectivity index (χ0v) is 14.9. The van der Waals surface area contributed by atoms with Crippen molar-refractivity contribution >= 4 is 29.7 Å². The third-order valence-electron chi connectivity index (χ3n) is 4.38. The van der Waals surface area contributed by atoms with Gasteiger partial charge in [0.15, 0.2) is 0 Å². The van der Waals surface area contributed by atoms with Crippen LogP contribution in [-0.4, -0.2) is 61.5 Å². The fourth-order valence-corrected chi connectivity index (χ4v) is 2.82. The quantitative estimate of drug-likeness (QED) is 0.634. The number of methoxy groups -OCH3 is 1. The largest absolute Gasteiger partial charge is 0.465 e. The first kappa shape index (κ1) is 18.4. The molecule has 0 aliphatic carbocycles. The number of pyridine rings is 1. The molecule has 2 amide bonds. The Labute approximate surface area is 156 Å². The van der Waals surface area contributed by atoms with Crippen LogP contribution in [0.25, 0.3) is 0 Å². The summed E-state index contributed by atoms with van der Waals surface area (Å²) in [6.07, 6.45) is 4.06. The summed E-state index contributed by atoms with van der Waals surface area (Å²) in [6, 6.07) is 8.23. The van der Waals surface area contributed by atoms with Crippen molar-refractivity contribution in [1.82, 2.24) is 9.88 Å². The van der Waals surface area contributed by atoms with Gasteiger partial charge < -0.3 is 19.9 Å². The summed E-state index contributed by atoms with van der Waals surface area (Å²) < 4.78 is 4.65. The Balaban J connectivity index is 1.67. The number of nitrogens with zero attached hydrogens (tertiary/aromatic N) is 3. The lowest BCUT2D eigenvalue weighted by Crippen LogP contribution is -2.45. The van der Waals surface area contributed by atoms with Crippen LogP contribution >= 0.6 is 0 Å². The molecule has 140 valence electrons. The zero-order valence-electron chi connectivity index (χ0n) is 14.9. The number of hydrogen-bond donors (Lipinski definition) is 1. The molecule has 0 bridgehead atoms. The number of carbonyl (C=O) groups is 3. The number of aromatic nitrogens is 1. The van der Waals surface area contributed by atoms with Crippen LogP contribution in [0.5, 0.6) is 0 Å². The molecule has 1 aromatic heterocycles. The number of rotatable bonds is 5. The van der Waals surface area contributed by atoms with E-state index in [1.807, 2.05) is 0 Å². The summed E-state index contributed by atoms with van der Waals surface area (Å²) in [6.45, 7) is 2.68. The summed E-state index contributed by atoms with van der Waals surface area (Å²) >= 11 is 0. The van der Waals surface area contributed by atoms with E-state index in [0.29, 0.717) is 43.0 Å². The number of esters is 1. The number of amides is 2. The van der Waals surface area contributed by atoms with Gasteiger partial charge in [0.05, 0.1) is 30.1 Å². The molecule has 2 aromatic rings. The average molecular weight is 368 g/mol. The number of carbonyl (C=O) groups excluding carboxylic acids is 3. The topological polar surface area (TPSA) is 91.8 Å². The molecule has 1 aromatic carbocycles. The van der Waals surface area contributed by atoms with Crippen LogP contribution in [0.1, 0.15) is 20.7 Å². The predicted octanol–water partition coefficient (Wildman–Crippen LogP) is 1.40. The second-order valence-electron chi connectivity index (χ2n) is 6.08. The second kappa shape index (κ2) is 8.31. The summed E-state index contributed by atoms with van der Waals surface area (Å²) in [5.41, 5.74) is 2.25. The summed E-state index contributed by atoms with van der Waals surface area (Å²) in [5, 5.41) is 2.78. The van der Waals surface area contributed by atoms with E-state index in [0.717, 1.165) is 12.1 Å². The van der Waals surface area contributed by atoms with Gasteiger partial charge in [-0.25, -0.2) is 4.79 Å². The minimum absolute atomic E-state index is 0.290. The Morgan fingerprint density at radius 3 is 2.41 bits per heavy atom. The Kier molecular flexibility index (Phi) is 5.65. The smallest absolute Gasteiger partial charge is 0.337 e. The third kappa shape index (κ3) is 4.41. The summed E-state index contributed by atoms with van der Waals surface area (Å²) in [5.74, 6) is -0.721. The van der Waals surface area contributed by atoms with E-state index in [1.165, 1.54) is 13.3 Å². The highest BCUT2D eigenvalue weighted by molar-refractivity contribution is 6.04. The van der Waals surface area contributed by atoms with E-state index in [1.54, 1.807) is 41.4 Å². The van der Waals surface area contributed by atoms with Crippen LogP contribution in [0.2, 0.25) is 0 Å². The van der Waals surface area contributed by atoms with Gasteiger partial charge >= 0.3 is 5.97 Å². The monoisotopic (exact) mass is 368 g/mol. The number of nitrogens with one attached hydrogen (secondary N) is 1. The van der Waals surface area contributed by atoms with E-state index in [4.69, 9.17) is 0 Å². The molecule has 1 saturated heterocycles. The van der Waals surface area contributed by atoms with Crippen molar-refractivity contribution in [3.8, 4) is 0 Å². The van der Waals surface area contributed by atoms with Gasteiger partial charge in [-0.3, -0.25) is 14.6 Å². The van der Waals surface area contributed by atoms with Crippen LogP contribution in [0.4, 0.5) is 11.4 Å². The standard InChI is InChI=1S/C19H20N4O4/c1-27-19(26)14-2-4-16(5-3-14)21-18(25)15-10-17(12-20-11-15)23-8-6-22(13-24)7-9-23/h2-5,10-13H,6-9H2,1H3,(H,21,25). The lowest BCUT2D eigenvalue weighted by atomic mass is 10.2. The van der Waals surface area contributed by atoms with Crippen molar-refractivity contribution in [2.75, 3.05) is 43.5 Å². The lowest BCUT2D eigenvalue weighted by molar-refractivity contribution is -0.118. The Morgan fingerprint density at radius 2 is 1.78 bits per heavy atom. The van der Waals surface area contributed by atoms with Crippen molar-refractivity contribution in [3.05, 3.63) is 53.9 Å². The van der Waals surface area contributed by atoms with Crippen LogP contribution in [0, 0.1) is 0 Å². The van der Waals surface area contributed by atoms with E-state index >= 15 is 0 Å². The second-order valence-corrected chi connectivity index (χ2v) is 6.08. The number of anilines is 2. The maximum absolute atomic E-state index is 12.5. The first-order valence-corrected chi connectivity index (χ1v) is 8.50. The van der Waals surface area contributed by atoms with Crippen LogP contribution < -0.4 is 10.2 Å². The Morgan fingerprint density at radius 1 is 1.07 bits per heavy atom. The maximum atomic E-state index is 12.5. The van der Waals surface area contributed by atoms with E-state index < -0.39 is 5.97 Å². The molecule has 8 heteroatoms. The molecule has 0 atom stereocenters. The summed E-state index contributed by atoms with van der Waals surface area (Å²) in [4.78, 5) is 42.7. The molecule has 0 radical (unpaired) electrons. The molecule has 1 N–H and O–H groups in total. The van der Waals surface area contributed by atoms with Crippen molar-refractivity contribution in [1.29, 1.82) is 0 Å². The average Bonchev–Trinajstić information content (AvgIpc) is 2.74. The number of hydrogen-bond acceptors (Lipinski definition) is 6. The lowest BCUT2D eigenvalue weighted by Gasteiger charge is -2.34. The SMILES string of the molecule is COC(=O)c1ccc(NC(=O)c2cncc(N3CCN(C=O)CC3)c2)cc1. The number of ether oxygens (including phenoxy) is 1. The molecule has 2 heterocycles. The van der Waals surface area contributed by atoms with Gasteiger partial charge in [0.25, 0.3) is 5.91 Å². The predicted molar refractivity (Wildman–Crippen MR) is 99.8 cm³/mol. The normalized spacial score (nSPS) is 13.8. The molecular formula is C19H20N4O4. The van der Waals surface area contributed by atoms with E-state index in [9.17, 15) is 14.4 Å². The van der Waals surface area contributed by atoms with Gasteiger partial charge in [-0.2, -0.15) is 0 Å². The van der Waals surface area contributed by atoms with Gasteiger partial charge in [-0.1, -0.05) is 0 Å². The molecular weight excluding hydrogens is 348 g/mol. The zero-order chi connectivity index (χ0) is 19.2. The van der Waals surface area contributed by atoms with E-state index in [-0.39, 0.29) is 5.91 Å². The van der Waals surface area contributed by atoms with Gasteiger partial charge in [0, 0.05) is 38.1 Å². The summed E-state index contributed by atoms with van der Waals surface area (Å²) in [7, 11) is 1.32. The van der Waals surface area contributed by atoms with E-state index in [2.05, 4.69) is 19.9 Å². The Bertz CT molecular complexity index is 830. The number of piperazine rings is 1. The van der Waals surface area contributed by atoms with Gasteiger partial charge in [-0.15, -0.1) is 0 Å². The van der Waals surface area contributed by atoms with Gasteiger partial charge in [-0.05, 0) is 30.3 Å². The highest BCUT2D eigenvalue weighted by Gasteiger charge is 2.17. The van der Waals surface area contributed by atoms with Crippen LogP contribution in [0.15, 0.2) is 42.7 Å². The van der Waals surface area contributed by atoms with Crippen molar-refractivity contribution < 1.29 is 19.1 Å². The first-order valence-electron chi connectivity index (χ1n) is 8.50. The molecule has 3 rings (SSSR count). The maximum Gasteiger partial charge on any atom is 0.337 e. The fourth-order valence-electron chi connectivity index (χ4n) is 2.82. The fraction of sp³-hybridized carbons (Fsp3) is 0.263. The molecule has 0 saturated carbocycles. The third-order valence-corrected chi connectivity index (χ3v) is 4.38. The first-order chi connectivity index (χ1) is 13.1. The van der Waals surface area contributed by atoms with Crippen LogP contribution in [0.3, 0.4) is 0 Å². The van der Waals surface area contributed by atoms with Crippen molar-refractivity contribution in [2.45, 2.75) is 0 Å². The molecule has 27 heavy (non-hydrogen) atoms. The highest BCUT2D eigenvalue weighted by atomic mass is 16.5. The minimum Gasteiger partial charge on any atom is -0.465 e. The van der Waals surface area contributed by atoms with Crippen LogP contribution in [-0.2, 0) is 9.53 Å². The molecule has 8 nitrogen and oxygen atoms in total. The number of benzene rings is 1. The highest BCUT2D eigenvalue weighted by Crippen LogP contribution is 2.18. The Hall–Kier alpha value is -3.42. The van der Waals surface area contributed by atoms with Gasteiger partial charge in [0.1, 0.15) is 0 Å². The minimum atomic E-state index is -0.431.